The van der Waals surface area contributed by atoms with Crippen molar-refractivity contribution in [1.29, 1.82) is 0 Å². The predicted molar refractivity (Wildman–Crippen MR) is 110 cm³/mol. The lowest BCUT2D eigenvalue weighted by Gasteiger charge is -2.51. The van der Waals surface area contributed by atoms with Gasteiger partial charge >= 0.3 is 25.7 Å². The smallest absolute Gasteiger partial charge is 0.347 e. The molecule has 1 heterocycles. The van der Waals surface area contributed by atoms with Gasteiger partial charge in [-0.15, -0.1) is 19.7 Å². The van der Waals surface area contributed by atoms with E-state index in [4.69, 9.17) is 12.3 Å². The average Bonchev–Trinajstić information content (AvgIpc) is 2.63. The summed E-state index contributed by atoms with van der Waals surface area (Å²) in [6, 6.07) is 2.87. The van der Waals surface area contributed by atoms with Crippen LogP contribution in [0.15, 0.2) is 36.8 Å². The predicted octanol–water partition coefficient (Wildman–Crippen LogP) is 5.95. The largest absolute Gasteiger partial charge is 0.409 e. The standard InChI is InChI=1S/C18H36O3Si3/c1-7-13-16-22(10-4)19-23(11-5,17-14-8-2)21-24(12-6,20-22)18-15-9-3/h10-12H,4-9,13-18H2,1-3H3. The summed E-state index contributed by atoms with van der Waals surface area (Å²) in [5.41, 5.74) is 5.96. The molecule has 0 unspecified atom stereocenters. The maximum absolute atomic E-state index is 6.69. The Bertz CT molecular complexity index is 358. The molecule has 3 nitrogen and oxygen atoms in total. The van der Waals surface area contributed by atoms with Crippen molar-refractivity contribution in [1.82, 2.24) is 0 Å². The highest BCUT2D eigenvalue weighted by molar-refractivity contribution is 6.99. The van der Waals surface area contributed by atoms with Gasteiger partial charge in [-0.05, 0) is 18.1 Å². The summed E-state index contributed by atoms with van der Waals surface area (Å²) in [6.07, 6.45) is 6.69. The van der Waals surface area contributed by atoms with Crippen molar-refractivity contribution in [3.63, 3.8) is 0 Å². The molecule has 1 rings (SSSR count). The molecule has 0 aromatic carbocycles. The van der Waals surface area contributed by atoms with Gasteiger partial charge in [0.25, 0.3) is 0 Å². The van der Waals surface area contributed by atoms with Crippen molar-refractivity contribution >= 4 is 25.7 Å². The van der Waals surface area contributed by atoms with Gasteiger partial charge in [-0.2, -0.15) is 0 Å². The molecule has 1 aliphatic rings. The van der Waals surface area contributed by atoms with E-state index in [0.29, 0.717) is 0 Å². The first-order chi connectivity index (χ1) is 11.5. The molecule has 0 atom stereocenters. The molecule has 0 bridgehead atoms. The summed E-state index contributed by atoms with van der Waals surface area (Å²) in [4.78, 5) is 0. The topological polar surface area (TPSA) is 27.7 Å². The SMILES string of the molecule is C=C[Si]1(CCCC)O[Si](C=C)(CCCC)O[Si](C=C)(CCCC)O1. The maximum Gasteiger partial charge on any atom is 0.347 e. The van der Waals surface area contributed by atoms with Crippen LogP contribution in [-0.2, 0) is 12.3 Å². The van der Waals surface area contributed by atoms with Crippen LogP contribution in [0.2, 0.25) is 18.1 Å². The Kier molecular flexibility index (Phi) is 9.11. The van der Waals surface area contributed by atoms with E-state index in [-0.39, 0.29) is 0 Å². The molecule has 1 saturated heterocycles. The Morgan fingerprint density at radius 3 is 1.00 bits per heavy atom. The molecule has 138 valence electrons. The maximum atomic E-state index is 6.69. The lowest BCUT2D eigenvalue weighted by atomic mass is 10.4. The summed E-state index contributed by atoms with van der Waals surface area (Å²) in [6.45, 7) is 18.9. The van der Waals surface area contributed by atoms with Crippen molar-refractivity contribution in [3.05, 3.63) is 36.8 Å². The molecule has 0 aliphatic carbocycles. The highest BCUT2D eigenvalue weighted by Crippen LogP contribution is 2.40. The molecule has 0 N–H and O–H groups in total. The van der Waals surface area contributed by atoms with Crippen LogP contribution in [0.3, 0.4) is 0 Å². The highest BCUT2D eigenvalue weighted by Gasteiger charge is 2.58. The molecule has 24 heavy (non-hydrogen) atoms. The summed E-state index contributed by atoms with van der Waals surface area (Å²) in [5.74, 6) is 0. The van der Waals surface area contributed by atoms with Gasteiger partial charge in [-0.25, -0.2) is 0 Å². The highest BCUT2D eigenvalue weighted by atomic mass is 28.5. The molecule has 0 aromatic heterocycles. The number of rotatable bonds is 12. The molecule has 0 spiro atoms. The Morgan fingerprint density at radius 2 is 0.833 bits per heavy atom. The third kappa shape index (κ3) is 5.37. The van der Waals surface area contributed by atoms with Crippen LogP contribution in [-0.4, -0.2) is 25.7 Å². The minimum atomic E-state index is -2.47. The summed E-state index contributed by atoms with van der Waals surface area (Å²) in [7, 11) is -7.41. The van der Waals surface area contributed by atoms with Crippen LogP contribution in [0, 0.1) is 0 Å². The van der Waals surface area contributed by atoms with E-state index < -0.39 is 25.7 Å². The van der Waals surface area contributed by atoms with Crippen molar-refractivity contribution < 1.29 is 12.3 Å². The third-order valence-electron chi connectivity index (χ3n) is 4.61. The van der Waals surface area contributed by atoms with Crippen LogP contribution < -0.4 is 0 Å². The lowest BCUT2D eigenvalue weighted by Crippen LogP contribution is -2.68. The molecule has 1 fully saturated rings. The second-order valence-electron chi connectivity index (χ2n) is 6.66. The first-order valence-corrected chi connectivity index (χ1v) is 15.8. The zero-order valence-electron chi connectivity index (χ0n) is 15.9. The normalized spacial score (nSPS) is 33.1. The van der Waals surface area contributed by atoms with Crippen LogP contribution in [0.5, 0.6) is 0 Å². The van der Waals surface area contributed by atoms with Gasteiger partial charge in [0, 0.05) is 0 Å². The lowest BCUT2D eigenvalue weighted by molar-refractivity contribution is 0.232. The Balaban J connectivity index is 3.23. The van der Waals surface area contributed by atoms with Crippen LogP contribution >= 0.6 is 0 Å². The Hall–Kier alpha value is -0.249. The van der Waals surface area contributed by atoms with Crippen LogP contribution in [0.4, 0.5) is 0 Å². The monoisotopic (exact) mass is 384 g/mol. The van der Waals surface area contributed by atoms with Crippen molar-refractivity contribution in [2.75, 3.05) is 0 Å². The van der Waals surface area contributed by atoms with Crippen LogP contribution in [0.1, 0.15) is 59.3 Å². The van der Waals surface area contributed by atoms with Gasteiger partial charge in [0.05, 0.1) is 0 Å². The molecule has 6 heteroatoms. The second-order valence-corrected chi connectivity index (χ2v) is 16.7. The molecular weight excluding hydrogens is 348 g/mol. The molecule has 0 amide bonds. The van der Waals surface area contributed by atoms with Gasteiger partial charge in [0.15, 0.2) is 0 Å². The van der Waals surface area contributed by atoms with Gasteiger partial charge in [-0.3, -0.25) is 0 Å². The fraction of sp³-hybridized carbons (Fsp3) is 0.667. The Labute approximate surface area is 152 Å². The Morgan fingerprint density at radius 1 is 0.583 bits per heavy atom. The van der Waals surface area contributed by atoms with Crippen molar-refractivity contribution in [3.8, 4) is 0 Å². The fourth-order valence-electron chi connectivity index (χ4n) is 3.07. The molecule has 1 aliphatic heterocycles. The minimum absolute atomic E-state index is 0.958. The second kappa shape index (κ2) is 10.0. The fourth-order valence-corrected chi connectivity index (χ4v) is 19.3. The average molecular weight is 385 g/mol. The van der Waals surface area contributed by atoms with Gasteiger partial charge in [0.2, 0.25) is 0 Å². The van der Waals surface area contributed by atoms with Crippen molar-refractivity contribution in [2.45, 2.75) is 77.4 Å². The summed E-state index contributed by atoms with van der Waals surface area (Å²) in [5, 5.41) is 0. The first-order valence-electron chi connectivity index (χ1n) is 9.50. The summed E-state index contributed by atoms with van der Waals surface area (Å²) >= 11 is 0. The zero-order valence-corrected chi connectivity index (χ0v) is 18.9. The minimum Gasteiger partial charge on any atom is -0.409 e. The van der Waals surface area contributed by atoms with E-state index in [0.717, 1.165) is 56.7 Å². The van der Waals surface area contributed by atoms with E-state index in [9.17, 15) is 0 Å². The molecule has 0 saturated carbocycles. The van der Waals surface area contributed by atoms with E-state index >= 15 is 0 Å². The van der Waals surface area contributed by atoms with Gasteiger partial charge < -0.3 is 12.3 Å². The molecular formula is C18H36O3Si3. The van der Waals surface area contributed by atoms with E-state index in [1.807, 2.05) is 17.1 Å². The first kappa shape index (κ1) is 21.8. The quantitative estimate of drug-likeness (QED) is 0.389. The van der Waals surface area contributed by atoms with Gasteiger partial charge in [-0.1, -0.05) is 76.4 Å². The van der Waals surface area contributed by atoms with Crippen LogP contribution in [0.25, 0.3) is 0 Å². The number of hydrogen-bond donors (Lipinski definition) is 0. The van der Waals surface area contributed by atoms with Gasteiger partial charge in [0.1, 0.15) is 0 Å². The number of hydrogen-bond acceptors (Lipinski definition) is 3. The van der Waals surface area contributed by atoms with E-state index in [1.54, 1.807) is 0 Å². The molecule has 0 aromatic rings. The molecule has 0 radical (unpaired) electrons. The summed E-state index contributed by atoms with van der Waals surface area (Å²) < 4.78 is 20.1. The number of unbranched alkanes of at least 4 members (excludes halogenated alkanes) is 3. The van der Waals surface area contributed by atoms with E-state index in [2.05, 4.69) is 40.5 Å². The third-order valence-corrected chi connectivity index (χ3v) is 17.9. The zero-order chi connectivity index (χ0) is 18.1. The van der Waals surface area contributed by atoms with E-state index in [1.165, 1.54) is 0 Å². The van der Waals surface area contributed by atoms with Crippen molar-refractivity contribution in [2.24, 2.45) is 0 Å².